The van der Waals surface area contributed by atoms with Gasteiger partial charge in [0.2, 0.25) is 5.91 Å². The maximum absolute atomic E-state index is 12.3. The van der Waals surface area contributed by atoms with Gasteiger partial charge in [0.15, 0.2) is 0 Å². The van der Waals surface area contributed by atoms with Gasteiger partial charge in [0.1, 0.15) is 0 Å². The topological polar surface area (TPSA) is 29.1 Å². The Balaban J connectivity index is 1.57. The Hall–Kier alpha value is -2.26. The lowest BCUT2D eigenvalue weighted by atomic mass is 10.1. The Morgan fingerprint density at radius 2 is 1.60 bits per heavy atom. The number of carbonyl (C=O) groups excluding carboxylic acids is 1. The molecule has 0 aromatic heterocycles. The summed E-state index contributed by atoms with van der Waals surface area (Å²) >= 11 is 1.65. The minimum Gasteiger partial charge on any atom is -0.325 e. The summed E-state index contributed by atoms with van der Waals surface area (Å²) in [6, 6.07) is 19.0. The SMILES string of the molecule is Cc1cc(C)c(NC(=O)CSCc2ccc3ccccc3c2)c(C)c1. The second kappa shape index (κ2) is 7.75. The van der Waals surface area contributed by atoms with Crippen LogP contribution in [0, 0.1) is 20.8 Å². The second-order valence-corrected chi connectivity index (χ2v) is 7.48. The molecule has 0 heterocycles. The van der Waals surface area contributed by atoms with Gasteiger partial charge in [0, 0.05) is 11.4 Å². The van der Waals surface area contributed by atoms with Gasteiger partial charge in [-0.25, -0.2) is 0 Å². The molecule has 3 aromatic rings. The molecule has 128 valence electrons. The molecule has 25 heavy (non-hydrogen) atoms. The first-order valence-electron chi connectivity index (χ1n) is 8.46. The second-order valence-electron chi connectivity index (χ2n) is 6.50. The van der Waals surface area contributed by atoms with Crippen LogP contribution in [0.5, 0.6) is 0 Å². The van der Waals surface area contributed by atoms with E-state index < -0.39 is 0 Å². The molecule has 0 radical (unpaired) electrons. The van der Waals surface area contributed by atoms with Gasteiger partial charge in [0.05, 0.1) is 5.75 Å². The Morgan fingerprint density at radius 1 is 0.920 bits per heavy atom. The van der Waals surface area contributed by atoms with Gasteiger partial charge in [-0.05, 0) is 48.2 Å². The quantitative estimate of drug-likeness (QED) is 0.646. The molecular formula is C22H23NOS. The van der Waals surface area contributed by atoms with Crippen molar-refractivity contribution in [3.63, 3.8) is 0 Å². The van der Waals surface area contributed by atoms with Crippen LogP contribution in [0.3, 0.4) is 0 Å². The standard InChI is InChI=1S/C22H23NOS/c1-15-10-16(2)22(17(3)11-15)23-21(24)14-25-13-18-8-9-19-6-4-5-7-20(19)12-18/h4-12H,13-14H2,1-3H3,(H,23,24). The highest BCUT2D eigenvalue weighted by Crippen LogP contribution is 2.23. The highest BCUT2D eigenvalue weighted by atomic mass is 32.2. The van der Waals surface area contributed by atoms with Crippen LogP contribution in [0.25, 0.3) is 10.8 Å². The van der Waals surface area contributed by atoms with E-state index in [0.29, 0.717) is 5.75 Å². The number of aryl methyl sites for hydroxylation is 3. The molecule has 0 spiro atoms. The smallest absolute Gasteiger partial charge is 0.234 e. The van der Waals surface area contributed by atoms with Gasteiger partial charge in [-0.2, -0.15) is 0 Å². The van der Waals surface area contributed by atoms with Gasteiger partial charge in [-0.3, -0.25) is 4.79 Å². The van der Waals surface area contributed by atoms with E-state index >= 15 is 0 Å². The first-order chi connectivity index (χ1) is 12.0. The number of benzene rings is 3. The summed E-state index contributed by atoms with van der Waals surface area (Å²) in [6.07, 6.45) is 0. The van der Waals surface area contributed by atoms with Crippen molar-refractivity contribution in [1.29, 1.82) is 0 Å². The number of nitrogens with one attached hydrogen (secondary N) is 1. The number of fused-ring (bicyclic) bond motifs is 1. The fraction of sp³-hybridized carbons (Fsp3) is 0.227. The first-order valence-corrected chi connectivity index (χ1v) is 9.61. The van der Waals surface area contributed by atoms with E-state index in [-0.39, 0.29) is 5.91 Å². The molecule has 0 unspecified atom stereocenters. The minimum atomic E-state index is 0.0563. The minimum absolute atomic E-state index is 0.0563. The lowest BCUT2D eigenvalue weighted by molar-refractivity contribution is -0.113. The largest absolute Gasteiger partial charge is 0.325 e. The summed E-state index contributed by atoms with van der Waals surface area (Å²) in [5.74, 6) is 1.35. The van der Waals surface area contributed by atoms with E-state index in [1.807, 2.05) is 13.8 Å². The molecule has 3 rings (SSSR count). The number of anilines is 1. The summed E-state index contributed by atoms with van der Waals surface area (Å²) in [5, 5.41) is 5.56. The Bertz CT molecular complexity index is 894. The molecule has 2 nitrogen and oxygen atoms in total. The van der Waals surface area contributed by atoms with Crippen molar-refractivity contribution in [2.75, 3.05) is 11.1 Å². The molecule has 0 bridgehead atoms. The average molecular weight is 349 g/mol. The molecule has 3 heteroatoms. The molecule has 0 fully saturated rings. The van der Waals surface area contributed by atoms with Crippen LogP contribution < -0.4 is 5.32 Å². The number of rotatable bonds is 5. The van der Waals surface area contributed by atoms with Crippen molar-refractivity contribution >= 4 is 34.1 Å². The molecule has 3 aromatic carbocycles. The first kappa shape index (κ1) is 17.6. The van der Waals surface area contributed by atoms with E-state index in [0.717, 1.165) is 22.6 Å². The van der Waals surface area contributed by atoms with Gasteiger partial charge in [0.25, 0.3) is 0 Å². The Labute approximate surface area is 153 Å². The van der Waals surface area contributed by atoms with E-state index in [1.165, 1.54) is 21.9 Å². The molecule has 0 saturated carbocycles. The van der Waals surface area contributed by atoms with E-state index in [1.54, 1.807) is 11.8 Å². The van der Waals surface area contributed by atoms with Crippen LogP contribution >= 0.6 is 11.8 Å². The van der Waals surface area contributed by atoms with Gasteiger partial charge in [-0.1, -0.05) is 60.2 Å². The molecule has 0 aliphatic rings. The summed E-state index contributed by atoms with van der Waals surface area (Å²) < 4.78 is 0. The maximum atomic E-state index is 12.3. The molecule has 1 N–H and O–H groups in total. The lowest BCUT2D eigenvalue weighted by Gasteiger charge is -2.12. The lowest BCUT2D eigenvalue weighted by Crippen LogP contribution is -2.16. The summed E-state index contributed by atoms with van der Waals surface area (Å²) in [7, 11) is 0. The fourth-order valence-corrected chi connectivity index (χ4v) is 3.92. The molecule has 0 atom stereocenters. The van der Waals surface area contributed by atoms with Crippen molar-refractivity contribution in [1.82, 2.24) is 0 Å². The van der Waals surface area contributed by atoms with Crippen molar-refractivity contribution < 1.29 is 4.79 Å². The molecule has 1 amide bonds. The van der Waals surface area contributed by atoms with Gasteiger partial charge >= 0.3 is 0 Å². The fourth-order valence-electron chi connectivity index (χ4n) is 3.14. The molecule has 0 saturated heterocycles. The molecular weight excluding hydrogens is 326 g/mol. The van der Waals surface area contributed by atoms with E-state index in [4.69, 9.17) is 0 Å². The third-order valence-electron chi connectivity index (χ3n) is 4.26. The monoisotopic (exact) mass is 349 g/mol. The van der Waals surface area contributed by atoms with Crippen LogP contribution in [-0.4, -0.2) is 11.7 Å². The average Bonchev–Trinajstić information content (AvgIpc) is 2.58. The Morgan fingerprint density at radius 3 is 2.32 bits per heavy atom. The predicted octanol–water partition coefficient (Wildman–Crippen LogP) is 5.64. The number of carbonyl (C=O) groups is 1. The van der Waals surface area contributed by atoms with E-state index in [9.17, 15) is 4.79 Å². The summed E-state index contributed by atoms with van der Waals surface area (Å²) in [6.45, 7) is 6.15. The third kappa shape index (κ3) is 4.43. The van der Waals surface area contributed by atoms with Crippen LogP contribution in [0.4, 0.5) is 5.69 Å². The zero-order valence-electron chi connectivity index (χ0n) is 14.9. The van der Waals surface area contributed by atoms with Crippen LogP contribution in [-0.2, 0) is 10.5 Å². The highest BCUT2D eigenvalue weighted by Gasteiger charge is 2.08. The molecule has 0 aliphatic heterocycles. The summed E-state index contributed by atoms with van der Waals surface area (Å²) in [4.78, 5) is 12.3. The number of hydrogen-bond acceptors (Lipinski definition) is 2. The van der Waals surface area contributed by atoms with Crippen molar-refractivity contribution in [3.05, 3.63) is 76.9 Å². The van der Waals surface area contributed by atoms with Crippen LogP contribution in [0.15, 0.2) is 54.6 Å². The predicted molar refractivity (Wildman–Crippen MR) is 109 cm³/mol. The van der Waals surface area contributed by atoms with E-state index in [2.05, 4.69) is 66.8 Å². The van der Waals surface area contributed by atoms with Crippen LogP contribution in [0.1, 0.15) is 22.3 Å². The van der Waals surface area contributed by atoms with Crippen molar-refractivity contribution in [2.45, 2.75) is 26.5 Å². The maximum Gasteiger partial charge on any atom is 0.234 e. The van der Waals surface area contributed by atoms with Gasteiger partial charge < -0.3 is 5.32 Å². The third-order valence-corrected chi connectivity index (χ3v) is 5.26. The molecule has 0 aliphatic carbocycles. The normalized spacial score (nSPS) is 10.8. The number of amides is 1. The van der Waals surface area contributed by atoms with Gasteiger partial charge in [-0.15, -0.1) is 11.8 Å². The van der Waals surface area contributed by atoms with Crippen LogP contribution in [0.2, 0.25) is 0 Å². The zero-order chi connectivity index (χ0) is 17.8. The summed E-state index contributed by atoms with van der Waals surface area (Å²) in [5.41, 5.74) is 5.65. The van der Waals surface area contributed by atoms with Crippen molar-refractivity contribution in [3.8, 4) is 0 Å². The Kier molecular flexibility index (Phi) is 5.44. The number of hydrogen-bond donors (Lipinski definition) is 1. The van der Waals surface area contributed by atoms with Crippen molar-refractivity contribution in [2.24, 2.45) is 0 Å². The number of thioether (sulfide) groups is 1. The highest BCUT2D eigenvalue weighted by molar-refractivity contribution is 7.99. The zero-order valence-corrected chi connectivity index (χ0v) is 15.7.